The maximum Gasteiger partial charge on any atom is 0.161 e. The first kappa shape index (κ1) is 17.7. The minimum Gasteiger partial charge on any atom is -0.397 e. The molecule has 6 heterocycles. The summed E-state index contributed by atoms with van der Waals surface area (Å²) >= 11 is 1.60. The second-order valence-electron chi connectivity index (χ2n) is 6.93. The van der Waals surface area contributed by atoms with Crippen LogP contribution in [0.1, 0.15) is 0 Å². The van der Waals surface area contributed by atoms with Gasteiger partial charge in [-0.2, -0.15) is 5.10 Å². The van der Waals surface area contributed by atoms with Gasteiger partial charge >= 0.3 is 0 Å². The number of H-pyrrole nitrogens is 2. The quantitative estimate of drug-likeness (QED) is 0.384. The molecule has 10 heteroatoms. The topological polar surface area (TPSA) is 122 Å². The number of thiophene rings is 1. The smallest absolute Gasteiger partial charge is 0.161 e. The Balaban J connectivity index is 1.56. The van der Waals surface area contributed by atoms with Gasteiger partial charge in [-0.25, -0.2) is 9.37 Å². The summed E-state index contributed by atoms with van der Waals surface area (Å²) in [5, 5.41) is 9.43. The molecule has 31 heavy (non-hydrogen) atoms. The van der Waals surface area contributed by atoms with Crippen LogP contribution >= 0.6 is 11.3 Å². The third-order valence-electron chi connectivity index (χ3n) is 4.98. The number of nitrogens with one attached hydrogen (secondary N) is 2. The number of imidazole rings is 1. The van der Waals surface area contributed by atoms with E-state index in [0.717, 1.165) is 21.5 Å². The van der Waals surface area contributed by atoms with Crippen LogP contribution in [-0.2, 0) is 0 Å². The maximum atomic E-state index is 15.6. The molecule has 0 amide bonds. The lowest BCUT2D eigenvalue weighted by molar-refractivity contribution is 0.638. The van der Waals surface area contributed by atoms with Crippen LogP contribution < -0.4 is 5.73 Å². The molecule has 0 saturated heterocycles. The van der Waals surface area contributed by atoms with Crippen LogP contribution in [0.25, 0.3) is 55.2 Å². The van der Waals surface area contributed by atoms with Gasteiger partial charge in [0.15, 0.2) is 11.6 Å². The van der Waals surface area contributed by atoms with Crippen LogP contribution in [0, 0.1) is 5.82 Å². The zero-order valence-corrected chi connectivity index (χ0v) is 16.6. The number of pyridine rings is 3. The Morgan fingerprint density at radius 2 is 1.90 bits per heavy atom. The van der Waals surface area contributed by atoms with Crippen LogP contribution in [-0.4, -0.2) is 35.1 Å². The van der Waals surface area contributed by atoms with Crippen LogP contribution in [0.15, 0.2) is 54.6 Å². The van der Waals surface area contributed by atoms with Crippen molar-refractivity contribution in [2.24, 2.45) is 0 Å². The fourth-order valence-corrected chi connectivity index (χ4v) is 4.33. The number of nitrogens with zero attached hydrogens (tertiary/aromatic N) is 5. The van der Waals surface area contributed by atoms with Gasteiger partial charge in [0.25, 0.3) is 0 Å². The van der Waals surface area contributed by atoms with Crippen molar-refractivity contribution in [2.75, 3.05) is 5.73 Å². The summed E-state index contributed by atoms with van der Waals surface area (Å²) in [6.07, 6.45) is 8.02. The molecule has 150 valence electrons. The zero-order valence-electron chi connectivity index (χ0n) is 15.8. The third-order valence-corrected chi connectivity index (χ3v) is 5.89. The van der Waals surface area contributed by atoms with Crippen LogP contribution in [0.3, 0.4) is 0 Å². The minimum absolute atomic E-state index is 0.145. The van der Waals surface area contributed by atoms with E-state index in [1.807, 2.05) is 17.5 Å². The number of hydrogen-bond donors (Lipinski definition) is 3. The van der Waals surface area contributed by atoms with Gasteiger partial charge in [-0.15, -0.1) is 11.3 Å². The SMILES string of the molecule is Nc1cncc(-c2ncc3[nH]nc(-c4nc5c(-c6cccs6)cncc5[nH]4)c3c2F)c1. The van der Waals surface area contributed by atoms with Crippen molar-refractivity contribution in [1.82, 2.24) is 35.1 Å². The van der Waals surface area contributed by atoms with Crippen LogP contribution in [0.5, 0.6) is 0 Å². The molecule has 0 saturated carbocycles. The normalized spacial score (nSPS) is 11.5. The zero-order chi connectivity index (χ0) is 20.9. The van der Waals surface area contributed by atoms with Crippen molar-refractivity contribution in [2.45, 2.75) is 0 Å². The largest absolute Gasteiger partial charge is 0.397 e. The Hall–Kier alpha value is -4.18. The Morgan fingerprint density at radius 1 is 1.00 bits per heavy atom. The monoisotopic (exact) mass is 428 g/mol. The van der Waals surface area contributed by atoms with Crippen LogP contribution in [0.2, 0.25) is 0 Å². The molecular formula is C21H13FN8S. The molecular weight excluding hydrogens is 415 g/mol. The number of aromatic amines is 2. The van der Waals surface area contributed by atoms with E-state index in [2.05, 4.69) is 30.1 Å². The predicted molar refractivity (Wildman–Crippen MR) is 118 cm³/mol. The van der Waals surface area contributed by atoms with E-state index in [4.69, 9.17) is 10.7 Å². The average molecular weight is 428 g/mol. The first-order valence-corrected chi connectivity index (χ1v) is 10.2. The lowest BCUT2D eigenvalue weighted by atomic mass is 10.1. The fraction of sp³-hybridized carbons (Fsp3) is 0. The first-order chi connectivity index (χ1) is 15.2. The summed E-state index contributed by atoms with van der Waals surface area (Å²) < 4.78 is 15.6. The van der Waals surface area contributed by atoms with E-state index < -0.39 is 5.82 Å². The number of anilines is 1. The van der Waals surface area contributed by atoms with E-state index in [-0.39, 0.29) is 11.1 Å². The molecule has 8 nitrogen and oxygen atoms in total. The van der Waals surface area contributed by atoms with Gasteiger partial charge in [0.2, 0.25) is 0 Å². The van der Waals surface area contributed by atoms with Gasteiger partial charge in [0.1, 0.15) is 16.9 Å². The van der Waals surface area contributed by atoms with Crippen molar-refractivity contribution >= 4 is 39.0 Å². The molecule has 0 aliphatic rings. The number of hydrogen-bond acceptors (Lipinski definition) is 7. The number of nitrogens with two attached hydrogens (primary N) is 1. The first-order valence-electron chi connectivity index (χ1n) is 9.30. The molecule has 6 aromatic rings. The Labute approximate surface area is 178 Å². The second-order valence-corrected chi connectivity index (χ2v) is 7.88. The van der Waals surface area contributed by atoms with Crippen molar-refractivity contribution in [1.29, 1.82) is 0 Å². The standard InChI is InChI=1S/C21H13FN8S/c22-17-16-13(9-26-18(17)10-4-11(23)6-24-5-10)29-30-20(16)21-27-14-8-25-7-12(19(14)28-21)15-2-1-3-31-15/h1-9H,23H2,(H,27,28)(H,29,30). The summed E-state index contributed by atoms with van der Waals surface area (Å²) in [6, 6.07) is 5.61. The van der Waals surface area contributed by atoms with Gasteiger partial charge in [-0.1, -0.05) is 6.07 Å². The number of aromatic nitrogens is 7. The summed E-state index contributed by atoms with van der Waals surface area (Å²) in [4.78, 5) is 21.6. The summed E-state index contributed by atoms with van der Waals surface area (Å²) in [6.45, 7) is 0. The van der Waals surface area contributed by atoms with Gasteiger partial charge < -0.3 is 10.7 Å². The molecule has 4 N–H and O–H groups in total. The predicted octanol–water partition coefficient (Wildman–Crippen LogP) is 4.41. The summed E-state index contributed by atoms with van der Waals surface area (Å²) in [7, 11) is 0. The number of rotatable bonds is 3. The highest BCUT2D eigenvalue weighted by Gasteiger charge is 2.21. The van der Waals surface area contributed by atoms with E-state index in [0.29, 0.717) is 28.3 Å². The van der Waals surface area contributed by atoms with Crippen molar-refractivity contribution in [3.05, 3.63) is 60.4 Å². The van der Waals surface area contributed by atoms with E-state index in [1.165, 1.54) is 18.6 Å². The Bertz CT molecular complexity index is 1570. The van der Waals surface area contributed by atoms with E-state index >= 15 is 4.39 Å². The lowest BCUT2D eigenvalue weighted by Gasteiger charge is -2.04. The lowest BCUT2D eigenvalue weighted by Crippen LogP contribution is -1.94. The summed E-state index contributed by atoms with van der Waals surface area (Å²) in [5.41, 5.74) is 10.1. The fourth-order valence-electron chi connectivity index (χ4n) is 3.59. The highest BCUT2D eigenvalue weighted by atomic mass is 32.1. The highest BCUT2D eigenvalue weighted by Crippen LogP contribution is 2.35. The number of halogens is 1. The summed E-state index contributed by atoms with van der Waals surface area (Å²) in [5.74, 6) is -0.0838. The maximum absolute atomic E-state index is 15.6. The molecule has 0 aliphatic heterocycles. The number of fused-ring (bicyclic) bond motifs is 2. The molecule has 6 aromatic heterocycles. The molecule has 6 rings (SSSR count). The molecule has 0 aromatic carbocycles. The molecule has 0 atom stereocenters. The van der Waals surface area contributed by atoms with Gasteiger partial charge in [0, 0.05) is 34.6 Å². The van der Waals surface area contributed by atoms with Gasteiger partial charge in [-0.05, 0) is 17.5 Å². The second kappa shape index (κ2) is 6.67. The minimum atomic E-state index is -0.522. The van der Waals surface area contributed by atoms with Gasteiger partial charge in [0.05, 0.1) is 34.5 Å². The molecule has 0 unspecified atom stereocenters. The molecule has 0 bridgehead atoms. The highest BCUT2D eigenvalue weighted by molar-refractivity contribution is 7.13. The Morgan fingerprint density at radius 3 is 2.74 bits per heavy atom. The molecule has 0 fully saturated rings. The van der Waals surface area contributed by atoms with Crippen molar-refractivity contribution in [3.8, 4) is 33.2 Å². The van der Waals surface area contributed by atoms with Crippen LogP contribution in [0.4, 0.5) is 10.1 Å². The van der Waals surface area contributed by atoms with Crippen molar-refractivity contribution < 1.29 is 4.39 Å². The molecule has 0 aliphatic carbocycles. The molecule has 0 spiro atoms. The molecule has 0 radical (unpaired) electrons. The van der Waals surface area contributed by atoms with Crippen molar-refractivity contribution in [3.63, 3.8) is 0 Å². The van der Waals surface area contributed by atoms with Gasteiger partial charge in [-0.3, -0.25) is 20.1 Å². The number of nitrogen functional groups attached to an aromatic ring is 1. The third kappa shape index (κ3) is 2.76. The Kier molecular flexibility index (Phi) is 3.80. The van der Waals surface area contributed by atoms with E-state index in [1.54, 1.807) is 29.8 Å². The average Bonchev–Trinajstić information content (AvgIpc) is 3.52. The van der Waals surface area contributed by atoms with E-state index in [9.17, 15) is 0 Å².